The summed E-state index contributed by atoms with van der Waals surface area (Å²) in [4.78, 5) is 36.4. The number of ether oxygens (including phenoxy) is 3. The highest BCUT2D eigenvalue weighted by Gasteiger charge is 2.31. The average Bonchev–Trinajstić information content (AvgIpc) is 2.92. The Bertz CT molecular complexity index is 798. The van der Waals surface area contributed by atoms with E-state index in [0.29, 0.717) is 19.3 Å². The molecule has 0 aliphatic carbocycles. The zero-order chi connectivity index (χ0) is 31.5. The molecule has 0 saturated heterocycles. The number of rotatable bonds is 27. The number of esters is 2. The van der Waals surface area contributed by atoms with E-state index in [-0.39, 0.29) is 42.7 Å². The lowest BCUT2D eigenvalue weighted by molar-refractivity contribution is -0.887. The van der Waals surface area contributed by atoms with Crippen molar-refractivity contribution >= 4 is 17.9 Å². The molecule has 8 nitrogen and oxygen atoms in total. The van der Waals surface area contributed by atoms with Crippen molar-refractivity contribution in [2.24, 2.45) is 0 Å². The van der Waals surface area contributed by atoms with E-state index in [4.69, 9.17) is 14.2 Å². The van der Waals surface area contributed by atoms with Crippen LogP contribution in [0.5, 0.6) is 0 Å². The van der Waals surface area contributed by atoms with Crippen LogP contribution in [0.15, 0.2) is 36.5 Å². The Morgan fingerprint density at radius 1 is 0.738 bits per heavy atom. The van der Waals surface area contributed by atoms with Crippen molar-refractivity contribution in [2.45, 2.75) is 122 Å². The first kappa shape index (κ1) is 39.5. The molecule has 0 rings (SSSR count). The Morgan fingerprint density at radius 2 is 1.38 bits per heavy atom. The molecule has 0 aliphatic heterocycles. The molecule has 0 saturated carbocycles. The van der Waals surface area contributed by atoms with E-state index >= 15 is 0 Å². The maximum Gasteiger partial charge on any atom is 0.362 e. The van der Waals surface area contributed by atoms with Gasteiger partial charge < -0.3 is 23.8 Å². The minimum absolute atomic E-state index is 0.0348. The highest BCUT2D eigenvalue weighted by molar-refractivity contribution is 5.72. The lowest BCUT2D eigenvalue weighted by atomic mass is 10.1. The lowest BCUT2D eigenvalue weighted by Gasteiger charge is -2.31. The number of allylic oxidation sites excluding steroid dienone is 6. The number of carbonyl (C=O) groups is 3. The molecule has 0 spiro atoms. The standard InChI is InChI=1S/C34H59NO7/c1-6-8-10-12-14-15-16-17-19-20-22-24-32(36)41-29-30(28-40-27-26-31(34(38)39)35(3,4)5)42-33(37)25-23-21-18-13-11-9-7-2/h9,11-12,14,18,21,30-31H,6-8,10,13,15-17,19-20,22-29H2,1-5H3/p+1/b11-9+,14-12+,21-18+. The Balaban J connectivity index is 4.54. The summed E-state index contributed by atoms with van der Waals surface area (Å²) in [5.74, 6) is -1.59. The number of aliphatic carboxylic acids is 1. The Kier molecular flexibility index (Phi) is 24.7. The number of hydrogen-bond acceptors (Lipinski definition) is 6. The van der Waals surface area contributed by atoms with Crippen LogP contribution in [0.1, 0.15) is 110 Å². The van der Waals surface area contributed by atoms with Crippen molar-refractivity contribution in [3.63, 3.8) is 0 Å². The number of carbonyl (C=O) groups excluding carboxylic acids is 2. The van der Waals surface area contributed by atoms with Crippen molar-refractivity contribution in [1.82, 2.24) is 0 Å². The van der Waals surface area contributed by atoms with Gasteiger partial charge in [0.15, 0.2) is 12.1 Å². The van der Waals surface area contributed by atoms with Crippen molar-refractivity contribution < 1.29 is 38.2 Å². The van der Waals surface area contributed by atoms with Crippen LogP contribution in [0.2, 0.25) is 0 Å². The molecule has 2 unspecified atom stereocenters. The first-order valence-electron chi connectivity index (χ1n) is 16.0. The minimum atomic E-state index is -0.888. The molecule has 0 aromatic carbocycles. The van der Waals surface area contributed by atoms with Crippen LogP contribution in [-0.2, 0) is 28.6 Å². The molecule has 8 heteroatoms. The van der Waals surface area contributed by atoms with Gasteiger partial charge in [-0.1, -0.05) is 82.4 Å². The van der Waals surface area contributed by atoms with Crippen LogP contribution in [-0.4, -0.2) is 80.6 Å². The zero-order valence-electron chi connectivity index (χ0n) is 27.2. The average molecular weight is 595 g/mol. The third kappa shape index (κ3) is 24.2. The van der Waals surface area contributed by atoms with Crippen molar-refractivity contribution in [1.29, 1.82) is 0 Å². The number of nitrogens with zero attached hydrogens (tertiary/aromatic N) is 1. The summed E-state index contributed by atoms with van der Waals surface area (Å²) in [7, 11) is 5.47. The van der Waals surface area contributed by atoms with Crippen molar-refractivity contribution in [3.05, 3.63) is 36.5 Å². The molecule has 0 aromatic rings. The molecule has 2 atom stereocenters. The molecule has 1 N–H and O–H groups in total. The number of likely N-dealkylation sites (N-methyl/N-ethyl adjacent to an activating group) is 1. The largest absolute Gasteiger partial charge is 0.477 e. The summed E-state index contributed by atoms with van der Waals surface area (Å²) in [5, 5.41) is 9.51. The first-order chi connectivity index (χ1) is 20.1. The number of unbranched alkanes of at least 4 members (excludes halogenated alkanes) is 7. The van der Waals surface area contributed by atoms with Gasteiger partial charge in [-0.2, -0.15) is 0 Å². The minimum Gasteiger partial charge on any atom is -0.477 e. The molecular weight excluding hydrogens is 534 g/mol. The molecule has 42 heavy (non-hydrogen) atoms. The van der Waals surface area contributed by atoms with Gasteiger partial charge in [0.2, 0.25) is 0 Å². The molecule has 0 bridgehead atoms. The third-order valence-electron chi connectivity index (χ3n) is 6.79. The normalized spacial score (nSPS) is 13.6. The maximum absolute atomic E-state index is 12.4. The maximum atomic E-state index is 12.4. The Morgan fingerprint density at radius 3 is 2.05 bits per heavy atom. The summed E-state index contributed by atoms with van der Waals surface area (Å²) in [6.07, 6.45) is 25.2. The molecule has 0 radical (unpaired) electrons. The van der Waals surface area contributed by atoms with Crippen LogP contribution in [0.25, 0.3) is 0 Å². The molecule has 0 fully saturated rings. The fraction of sp³-hybridized carbons (Fsp3) is 0.735. The topological polar surface area (TPSA) is 99.1 Å². The predicted octanol–water partition coefficient (Wildman–Crippen LogP) is 7.18. The van der Waals surface area contributed by atoms with Crippen LogP contribution >= 0.6 is 0 Å². The van der Waals surface area contributed by atoms with Crippen molar-refractivity contribution in [2.75, 3.05) is 41.0 Å². The van der Waals surface area contributed by atoms with Gasteiger partial charge in [0.05, 0.1) is 34.4 Å². The second kappa shape index (κ2) is 26.2. The second-order valence-electron chi connectivity index (χ2n) is 11.7. The number of carboxylic acid groups (broad SMARTS) is 1. The summed E-state index contributed by atoms with van der Waals surface area (Å²) < 4.78 is 16.9. The Labute approximate surface area is 255 Å². The number of carboxylic acids is 1. The molecule has 242 valence electrons. The van der Waals surface area contributed by atoms with E-state index in [1.807, 2.05) is 33.3 Å². The summed E-state index contributed by atoms with van der Waals surface area (Å²) in [6.45, 7) is 4.43. The van der Waals surface area contributed by atoms with E-state index in [0.717, 1.165) is 44.9 Å². The SMILES string of the molecule is CC/C=C/C/C=C/CCC(=O)OC(COCCC(C(=O)O)[N+](C)(C)C)COC(=O)CCCCCCC/C=C/CCCC. The highest BCUT2D eigenvalue weighted by atomic mass is 16.6. The van der Waals surface area contributed by atoms with Crippen molar-refractivity contribution in [3.8, 4) is 0 Å². The molecule has 0 aromatic heterocycles. The summed E-state index contributed by atoms with van der Waals surface area (Å²) in [6, 6.07) is -0.620. The smallest absolute Gasteiger partial charge is 0.362 e. The fourth-order valence-corrected chi connectivity index (χ4v) is 4.25. The lowest BCUT2D eigenvalue weighted by Crippen LogP contribution is -2.50. The number of hydrogen-bond donors (Lipinski definition) is 1. The van der Waals surface area contributed by atoms with Gasteiger partial charge in [-0.05, 0) is 44.9 Å². The third-order valence-corrected chi connectivity index (χ3v) is 6.79. The summed E-state index contributed by atoms with van der Waals surface area (Å²) >= 11 is 0. The van der Waals surface area contributed by atoms with E-state index < -0.39 is 18.1 Å². The van der Waals surface area contributed by atoms with Gasteiger partial charge >= 0.3 is 17.9 Å². The van der Waals surface area contributed by atoms with Crippen LogP contribution in [0.4, 0.5) is 0 Å². The van der Waals surface area contributed by atoms with Gasteiger partial charge in [-0.25, -0.2) is 4.79 Å². The van der Waals surface area contributed by atoms with E-state index in [1.165, 1.54) is 25.7 Å². The quantitative estimate of drug-likeness (QED) is 0.0465. The molecule has 0 amide bonds. The fourth-order valence-electron chi connectivity index (χ4n) is 4.25. The predicted molar refractivity (Wildman–Crippen MR) is 169 cm³/mol. The number of quaternary nitrogens is 1. The summed E-state index contributed by atoms with van der Waals surface area (Å²) in [5.41, 5.74) is 0. The molecule has 0 heterocycles. The molecule has 0 aliphatic rings. The monoisotopic (exact) mass is 594 g/mol. The van der Waals surface area contributed by atoms with Crippen LogP contribution in [0.3, 0.4) is 0 Å². The van der Waals surface area contributed by atoms with Gasteiger partial charge in [-0.15, -0.1) is 0 Å². The van der Waals surface area contributed by atoms with Crippen LogP contribution in [0, 0.1) is 0 Å². The zero-order valence-corrected chi connectivity index (χ0v) is 27.2. The van der Waals surface area contributed by atoms with Gasteiger partial charge in [0.1, 0.15) is 6.61 Å². The Hall–Kier alpha value is -2.45. The van der Waals surface area contributed by atoms with E-state index in [9.17, 15) is 19.5 Å². The first-order valence-corrected chi connectivity index (χ1v) is 16.0. The molecular formula is C34H60NO7+. The highest BCUT2D eigenvalue weighted by Crippen LogP contribution is 2.11. The van der Waals surface area contributed by atoms with Gasteiger partial charge in [0.25, 0.3) is 0 Å². The van der Waals surface area contributed by atoms with Gasteiger partial charge in [-0.3, -0.25) is 9.59 Å². The van der Waals surface area contributed by atoms with E-state index in [2.05, 4.69) is 38.2 Å². The van der Waals surface area contributed by atoms with Crippen LogP contribution < -0.4 is 0 Å². The second-order valence-corrected chi connectivity index (χ2v) is 11.7. The van der Waals surface area contributed by atoms with E-state index in [1.54, 1.807) is 0 Å². The van der Waals surface area contributed by atoms with Gasteiger partial charge in [0, 0.05) is 19.3 Å².